The predicted molar refractivity (Wildman–Crippen MR) is 63.5 cm³/mol. The normalized spacial score (nSPS) is 10.2. The Morgan fingerprint density at radius 3 is 2.88 bits per heavy atom. The highest BCUT2D eigenvalue weighted by atomic mass is 16.4. The standard InChI is InChI=1S/C10H19N5O2/c1-3-5-12-7-9-14-15-10(17-9)13-6-4-8(16)11-2/h12H,3-7H2,1-2H3,(H,11,16)(H,13,15). The van der Waals surface area contributed by atoms with Crippen molar-refractivity contribution in [3.8, 4) is 0 Å². The molecule has 1 heterocycles. The molecule has 0 spiro atoms. The molecular formula is C10H19N5O2. The summed E-state index contributed by atoms with van der Waals surface area (Å²) in [6.07, 6.45) is 1.44. The second-order valence-corrected chi connectivity index (χ2v) is 3.53. The zero-order valence-electron chi connectivity index (χ0n) is 10.2. The van der Waals surface area contributed by atoms with Crippen LogP contribution in [-0.2, 0) is 11.3 Å². The minimum atomic E-state index is -0.0261. The van der Waals surface area contributed by atoms with Crippen LogP contribution < -0.4 is 16.0 Å². The monoisotopic (exact) mass is 241 g/mol. The minimum absolute atomic E-state index is 0.0261. The SMILES string of the molecule is CCCNCc1nnc(NCCC(=O)NC)o1. The van der Waals surface area contributed by atoms with Gasteiger partial charge in [0.1, 0.15) is 0 Å². The van der Waals surface area contributed by atoms with Crippen molar-refractivity contribution in [3.63, 3.8) is 0 Å². The lowest BCUT2D eigenvalue weighted by atomic mass is 10.4. The van der Waals surface area contributed by atoms with Gasteiger partial charge in [0.15, 0.2) is 0 Å². The van der Waals surface area contributed by atoms with Crippen LogP contribution in [0.1, 0.15) is 25.7 Å². The molecule has 0 radical (unpaired) electrons. The Morgan fingerprint density at radius 2 is 2.18 bits per heavy atom. The first-order valence-electron chi connectivity index (χ1n) is 5.73. The molecule has 0 unspecified atom stereocenters. The summed E-state index contributed by atoms with van der Waals surface area (Å²) in [5.74, 6) is 0.516. The zero-order valence-corrected chi connectivity index (χ0v) is 10.2. The Balaban J connectivity index is 2.23. The van der Waals surface area contributed by atoms with Gasteiger partial charge in [0.2, 0.25) is 11.8 Å². The van der Waals surface area contributed by atoms with Crippen LogP contribution >= 0.6 is 0 Å². The molecule has 1 rings (SSSR count). The second-order valence-electron chi connectivity index (χ2n) is 3.53. The zero-order chi connectivity index (χ0) is 12.5. The maximum atomic E-state index is 11.0. The number of carbonyl (C=O) groups is 1. The fraction of sp³-hybridized carbons (Fsp3) is 0.700. The van der Waals surface area contributed by atoms with E-state index in [0.717, 1.165) is 13.0 Å². The highest BCUT2D eigenvalue weighted by molar-refractivity contribution is 5.75. The lowest BCUT2D eigenvalue weighted by Crippen LogP contribution is -2.20. The van der Waals surface area contributed by atoms with Gasteiger partial charge in [-0.1, -0.05) is 12.0 Å². The molecule has 0 fully saturated rings. The van der Waals surface area contributed by atoms with E-state index in [1.54, 1.807) is 7.05 Å². The molecular weight excluding hydrogens is 222 g/mol. The van der Waals surface area contributed by atoms with Crippen LogP contribution in [0.15, 0.2) is 4.42 Å². The molecule has 0 aliphatic rings. The molecule has 0 saturated heterocycles. The summed E-state index contributed by atoms with van der Waals surface area (Å²) in [5, 5.41) is 16.3. The lowest BCUT2D eigenvalue weighted by Gasteiger charge is -2.00. The molecule has 1 aromatic rings. The highest BCUT2D eigenvalue weighted by Gasteiger charge is 2.05. The number of rotatable bonds is 8. The maximum Gasteiger partial charge on any atom is 0.315 e. The van der Waals surface area contributed by atoms with Crippen molar-refractivity contribution < 1.29 is 9.21 Å². The van der Waals surface area contributed by atoms with Crippen molar-refractivity contribution >= 4 is 11.9 Å². The lowest BCUT2D eigenvalue weighted by molar-refractivity contribution is -0.120. The summed E-state index contributed by atoms with van der Waals surface area (Å²) in [4.78, 5) is 11.0. The smallest absolute Gasteiger partial charge is 0.315 e. The van der Waals surface area contributed by atoms with E-state index in [-0.39, 0.29) is 5.91 Å². The van der Waals surface area contributed by atoms with Crippen molar-refractivity contribution in [1.29, 1.82) is 0 Å². The first-order valence-corrected chi connectivity index (χ1v) is 5.73. The first-order chi connectivity index (χ1) is 8.26. The third-order valence-electron chi connectivity index (χ3n) is 2.08. The Morgan fingerprint density at radius 1 is 1.35 bits per heavy atom. The number of nitrogens with one attached hydrogen (secondary N) is 3. The number of hydrogen-bond donors (Lipinski definition) is 3. The van der Waals surface area contributed by atoms with E-state index < -0.39 is 0 Å². The van der Waals surface area contributed by atoms with E-state index in [1.165, 1.54) is 0 Å². The molecule has 7 nitrogen and oxygen atoms in total. The van der Waals surface area contributed by atoms with Gasteiger partial charge in [-0.3, -0.25) is 4.79 Å². The number of carbonyl (C=O) groups excluding carboxylic acids is 1. The summed E-state index contributed by atoms with van der Waals surface area (Å²) >= 11 is 0. The van der Waals surface area contributed by atoms with Gasteiger partial charge in [-0.05, 0) is 13.0 Å². The molecule has 3 N–H and O–H groups in total. The van der Waals surface area contributed by atoms with Crippen molar-refractivity contribution in [3.05, 3.63) is 5.89 Å². The Labute approximate surface area is 100 Å². The summed E-state index contributed by atoms with van der Waals surface area (Å²) in [7, 11) is 1.60. The average molecular weight is 241 g/mol. The molecule has 1 aromatic heterocycles. The van der Waals surface area contributed by atoms with Crippen molar-refractivity contribution in [2.24, 2.45) is 0 Å². The van der Waals surface area contributed by atoms with E-state index in [9.17, 15) is 4.79 Å². The van der Waals surface area contributed by atoms with Gasteiger partial charge in [-0.2, -0.15) is 0 Å². The van der Waals surface area contributed by atoms with E-state index in [4.69, 9.17) is 4.42 Å². The van der Waals surface area contributed by atoms with E-state index in [0.29, 0.717) is 31.4 Å². The van der Waals surface area contributed by atoms with Crippen molar-refractivity contribution in [1.82, 2.24) is 20.8 Å². The van der Waals surface area contributed by atoms with Gasteiger partial charge in [0.25, 0.3) is 0 Å². The average Bonchev–Trinajstić information content (AvgIpc) is 2.77. The Hall–Kier alpha value is -1.63. The van der Waals surface area contributed by atoms with Crippen LogP contribution in [0.3, 0.4) is 0 Å². The Bertz CT molecular complexity index is 339. The van der Waals surface area contributed by atoms with Crippen molar-refractivity contribution in [2.45, 2.75) is 26.3 Å². The van der Waals surface area contributed by atoms with Gasteiger partial charge in [0, 0.05) is 20.0 Å². The van der Waals surface area contributed by atoms with Gasteiger partial charge in [0.05, 0.1) is 6.54 Å². The summed E-state index contributed by atoms with van der Waals surface area (Å²) in [5.41, 5.74) is 0. The van der Waals surface area contributed by atoms with Gasteiger partial charge >= 0.3 is 6.01 Å². The number of anilines is 1. The topological polar surface area (TPSA) is 92.1 Å². The van der Waals surface area contributed by atoms with Gasteiger partial charge in [-0.15, -0.1) is 5.10 Å². The molecule has 0 bridgehead atoms. The molecule has 7 heteroatoms. The molecule has 0 atom stereocenters. The molecule has 96 valence electrons. The van der Waals surface area contributed by atoms with Crippen LogP contribution in [0.25, 0.3) is 0 Å². The largest absolute Gasteiger partial charge is 0.407 e. The quantitative estimate of drug-likeness (QED) is 0.560. The molecule has 0 saturated carbocycles. The second kappa shape index (κ2) is 7.61. The summed E-state index contributed by atoms with van der Waals surface area (Å²) < 4.78 is 5.32. The molecule has 0 aromatic carbocycles. The fourth-order valence-corrected chi connectivity index (χ4v) is 1.18. The van der Waals surface area contributed by atoms with Gasteiger partial charge in [-0.25, -0.2) is 0 Å². The minimum Gasteiger partial charge on any atom is -0.407 e. The first kappa shape index (κ1) is 13.4. The highest BCUT2D eigenvalue weighted by Crippen LogP contribution is 2.04. The number of nitrogens with zero attached hydrogens (tertiary/aromatic N) is 2. The third kappa shape index (κ3) is 5.30. The molecule has 17 heavy (non-hydrogen) atoms. The number of aromatic nitrogens is 2. The molecule has 0 aliphatic heterocycles. The summed E-state index contributed by atoms with van der Waals surface area (Å²) in [6.45, 7) is 4.05. The number of amides is 1. The van der Waals surface area contributed by atoms with E-state index >= 15 is 0 Å². The fourth-order valence-electron chi connectivity index (χ4n) is 1.18. The van der Waals surface area contributed by atoms with Gasteiger partial charge < -0.3 is 20.4 Å². The van der Waals surface area contributed by atoms with Crippen molar-refractivity contribution in [2.75, 3.05) is 25.5 Å². The Kier molecular flexibility index (Phi) is 6.02. The third-order valence-corrected chi connectivity index (χ3v) is 2.08. The summed E-state index contributed by atoms with van der Waals surface area (Å²) in [6, 6.07) is 0.349. The van der Waals surface area contributed by atoms with Crippen LogP contribution in [0.5, 0.6) is 0 Å². The van der Waals surface area contributed by atoms with Crippen LogP contribution in [-0.4, -0.2) is 36.2 Å². The van der Waals surface area contributed by atoms with Crippen LogP contribution in [0, 0.1) is 0 Å². The maximum absolute atomic E-state index is 11.0. The van der Waals surface area contributed by atoms with Crippen LogP contribution in [0.4, 0.5) is 6.01 Å². The number of hydrogen-bond acceptors (Lipinski definition) is 6. The van der Waals surface area contributed by atoms with E-state index in [1.807, 2.05) is 0 Å². The van der Waals surface area contributed by atoms with Crippen LogP contribution in [0.2, 0.25) is 0 Å². The predicted octanol–water partition coefficient (Wildman–Crippen LogP) is 0.117. The van der Waals surface area contributed by atoms with E-state index in [2.05, 4.69) is 33.1 Å². The molecule has 1 amide bonds. The molecule has 0 aliphatic carbocycles.